The highest BCUT2D eigenvalue weighted by Crippen LogP contribution is 2.23. The van der Waals surface area contributed by atoms with Crippen LogP contribution in [0.2, 0.25) is 0 Å². The number of carbonyl (C=O) groups is 1. The molecular weight excluding hydrogens is 330 g/mol. The van der Waals surface area contributed by atoms with Crippen LogP contribution in [0, 0.1) is 6.92 Å². The first-order valence-electron chi connectivity index (χ1n) is 8.62. The monoisotopic (exact) mass is 351 g/mol. The van der Waals surface area contributed by atoms with E-state index in [1.54, 1.807) is 11.3 Å². The Kier molecular flexibility index (Phi) is 4.40. The molecular formula is C20H21N3OS. The predicted molar refractivity (Wildman–Crippen MR) is 100 cm³/mol. The van der Waals surface area contributed by atoms with Crippen LogP contribution in [0.15, 0.2) is 47.2 Å². The number of benzene rings is 1. The van der Waals surface area contributed by atoms with Crippen LogP contribution in [-0.4, -0.2) is 27.1 Å². The summed E-state index contributed by atoms with van der Waals surface area (Å²) in [5.74, 6) is 0.199. The minimum Gasteiger partial charge on any atom is -0.336 e. The lowest BCUT2D eigenvalue weighted by Gasteiger charge is -2.19. The number of nitrogens with zero attached hydrogens (tertiary/aromatic N) is 3. The summed E-state index contributed by atoms with van der Waals surface area (Å²) >= 11 is 1.64. The van der Waals surface area contributed by atoms with E-state index in [1.165, 1.54) is 5.56 Å². The first kappa shape index (κ1) is 16.1. The molecule has 0 radical (unpaired) electrons. The molecule has 0 aliphatic carbocycles. The molecule has 128 valence electrons. The van der Waals surface area contributed by atoms with E-state index in [0.29, 0.717) is 13.0 Å². The minimum atomic E-state index is 0.199. The van der Waals surface area contributed by atoms with Gasteiger partial charge in [0.05, 0.1) is 24.4 Å². The van der Waals surface area contributed by atoms with Crippen LogP contribution < -0.4 is 0 Å². The minimum absolute atomic E-state index is 0.199. The number of amides is 1. The van der Waals surface area contributed by atoms with E-state index >= 15 is 0 Å². The van der Waals surface area contributed by atoms with E-state index in [4.69, 9.17) is 5.10 Å². The van der Waals surface area contributed by atoms with Crippen LogP contribution in [0.5, 0.6) is 0 Å². The summed E-state index contributed by atoms with van der Waals surface area (Å²) in [5.41, 5.74) is 5.58. The molecule has 2 aromatic heterocycles. The molecule has 0 saturated heterocycles. The van der Waals surface area contributed by atoms with Gasteiger partial charge in [-0.1, -0.05) is 29.8 Å². The van der Waals surface area contributed by atoms with Crippen molar-refractivity contribution in [3.8, 4) is 11.3 Å². The Morgan fingerprint density at radius 1 is 1.20 bits per heavy atom. The smallest absolute Gasteiger partial charge is 0.227 e. The summed E-state index contributed by atoms with van der Waals surface area (Å²) in [6.45, 7) is 4.39. The van der Waals surface area contributed by atoms with Gasteiger partial charge in [0.15, 0.2) is 0 Å². The van der Waals surface area contributed by atoms with E-state index in [1.807, 2.05) is 16.3 Å². The maximum absolute atomic E-state index is 12.6. The summed E-state index contributed by atoms with van der Waals surface area (Å²) in [6, 6.07) is 12.6. The van der Waals surface area contributed by atoms with Gasteiger partial charge in [-0.05, 0) is 41.8 Å². The number of rotatable bonds is 3. The molecule has 1 aromatic carbocycles. The third-order valence-corrected chi connectivity index (χ3v) is 5.38. The van der Waals surface area contributed by atoms with E-state index in [0.717, 1.165) is 42.0 Å². The molecule has 4 nitrogen and oxygen atoms in total. The van der Waals surface area contributed by atoms with E-state index in [-0.39, 0.29) is 5.91 Å². The van der Waals surface area contributed by atoms with Crippen LogP contribution in [0.25, 0.3) is 11.3 Å². The lowest BCUT2D eigenvalue weighted by molar-refractivity contribution is -0.131. The second kappa shape index (κ2) is 6.84. The fraction of sp³-hybridized carbons (Fsp3) is 0.300. The zero-order valence-corrected chi connectivity index (χ0v) is 15.1. The molecule has 1 aliphatic heterocycles. The SMILES string of the molecule is Cc1ccc(-c2cc3n(n2)CCCN(C(=O)Cc2ccsc2)C3)cc1. The first-order chi connectivity index (χ1) is 12.2. The van der Waals surface area contributed by atoms with Crippen LogP contribution in [-0.2, 0) is 24.3 Å². The highest BCUT2D eigenvalue weighted by atomic mass is 32.1. The van der Waals surface area contributed by atoms with Gasteiger partial charge in [-0.3, -0.25) is 9.48 Å². The van der Waals surface area contributed by atoms with E-state index in [9.17, 15) is 4.79 Å². The number of aryl methyl sites for hydroxylation is 2. The summed E-state index contributed by atoms with van der Waals surface area (Å²) < 4.78 is 2.06. The number of fused-ring (bicyclic) bond motifs is 1. The van der Waals surface area contributed by atoms with Gasteiger partial charge in [-0.15, -0.1) is 0 Å². The summed E-state index contributed by atoms with van der Waals surface area (Å²) in [6.07, 6.45) is 1.43. The third-order valence-electron chi connectivity index (χ3n) is 4.65. The number of thiophene rings is 1. The summed E-state index contributed by atoms with van der Waals surface area (Å²) in [7, 11) is 0. The quantitative estimate of drug-likeness (QED) is 0.718. The molecule has 0 atom stereocenters. The van der Waals surface area contributed by atoms with Crippen molar-refractivity contribution >= 4 is 17.2 Å². The molecule has 0 bridgehead atoms. The van der Waals surface area contributed by atoms with Gasteiger partial charge < -0.3 is 4.90 Å². The fourth-order valence-electron chi connectivity index (χ4n) is 3.22. The first-order valence-corrected chi connectivity index (χ1v) is 9.56. The number of hydrogen-bond donors (Lipinski definition) is 0. The lowest BCUT2D eigenvalue weighted by atomic mass is 10.1. The van der Waals surface area contributed by atoms with Crippen LogP contribution in [0.3, 0.4) is 0 Å². The van der Waals surface area contributed by atoms with Crippen molar-refractivity contribution < 1.29 is 4.79 Å². The molecule has 3 aromatic rings. The van der Waals surface area contributed by atoms with Gasteiger partial charge in [-0.2, -0.15) is 16.4 Å². The van der Waals surface area contributed by atoms with Crippen LogP contribution in [0.4, 0.5) is 0 Å². The molecule has 1 amide bonds. The fourth-order valence-corrected chi connectivity index (χ4v) is 3.89. The van der Waals surface area contributed by atoms with Gasteiger partial charge in [0, 0.05) is 18.7 Å². The maximum atomic E-state index is 12.6. The summed E-state index contributed by atoms with van der Waals surface area (Å²) in [4.78, 5) is 14.6. The van der Waals surface area contributed by atoms with Crippen LogP contribution in [0.1, 0.15) is 23.2 Å². The van der Waals surface area contributed by atoms with Crippen molar-refractivity contribution in [3.63, 3.8) is 0 Å². The average molecular weight is 351 g/mol. The summed E-state index contributed by atoms with van der Waals surface area (Å²) in [5, 5.41) is 8.83. The largest absolute Gasteiger partial charge is 0.336 e. The molecule has 0 fully saturated rings. The van der Waals surface area contributed by atoms with Gasteiger partial charge >= 0.3 is 0 Å². The Morgan fingerprint density at radius 2 is 2.04 bits per heavy atom. The molecule has 0 spiro atoms. The Bertz CT molecular complexity index is 865. The van der Waals surface area contributed by atoms with Gasteiger partial charge in [0.25, 0.3) is 0 Å². The molecule has 0 unspecified atom stereocenters. The Hall–Kier alpha value is -2.40. The molecule has 0 saturated carbocycles. The Labute approximate surface area is 151 Å². The van der Waals surface area contributed by atoms with Crippen LogP contribution >= 0.6 is 11.3 Å². The van der Waals surface area contributed by atoms with Crippen molar-refractivity contribution in [1.29, 1.82) is 0 Å². The normalized spacial score (nSPS) is 14.2. The zero-order valence-electron chi connectivity index (χ0n) is 14.3. The van der Waals surface area contributed by atoms with Gasteiger partial charge in [0.2, 0.25) is 5.91 Å². The van der Waals surface area contributed by atoms with Crippen molar-refractivity contribution in [2.45, 2.75) is 32.9 Å². The molecule has 0 N–H and O–H groups in total. The van der Waals surface area contributed by atoms with Crippen molar-refractivity contribution in [3.05, 3.63) is 64.0 Å². The van der Waals surface area contributed by atoms with Gasteiger partial charge in [0.1, 0.15) is 0 Å². The van der Waals surface area contributed by atoms with E-state index in [2.05, 4.69) is 47.3 Å². The number of aromatic nitrogens is 2. The topological polar surface area (TPSA) is 38.1 Å². The molecule has 25 heavy (non-hydrogen) atoms. The molecule has 3 heterocycles. The second-order valence-electron chi connectivity index (χ2n) is 6.59. The predicted octanol–water partition coefficient (Wildman–Crippen LogP) is 3.90. The lowest BCUT2D eigenvalue weighted by Crippen LogP contribution is -2.31. The van der Waals surface area contributed by atoms with Gasteiger partial charge in [-0.25, -0.2) is 0 Å². The van der Waals surface area contributed by atoms with Crippen molar-refractivity contribution in [2.75, 3.05) is 6.54 Å². The standard InChI is InChI=1S/C20H21N3OS/c1-15-3-5-17(6-4-15)19-12-18-13-22(8-2-9-23(18)21-19)20(24)11-16-7-10-25-14-16/h3-7,10,12,14H,2,8-9,11,13H2,1H3. The Morgan fingerprint density at radius 3 is 2.80 bits per heavy atom. The third kappa shape index (κ3) is 3.51. The number of hydrogen-bond acceptors (Lipinski definition) is 3. The van der Waals surface area contributed by atoms with Crippen molar-refractivity contribution in [1.82, 2.24) is 14.7 Å². The highest BCUT2D eigenvalue weighted by molar-refractivity contribution is 7.08. The maximum Gasteiger partial charge on any atom is 0.227 e. The Balaban J connectivity index is 1.54. The van der Waals surface area contributed by atoms with E-state index < -0.39 is 0 Å². The molecule has 1 aliphatic rings. The zero-order chi connectivity index (χ0) is 17.2. The highest BCUT2D eigenvalue weighted by Gasteiger charge is 2.21. The average Bonchev–Trinajstić information content (AvgIpc) is 3.21. The number of carbonyl (C=O) groups excluding carboxylic acids is 1. The molecule has 5 heteroatoms. The van der Waals surface area contributed by atoms with Crippen molar-refractivity contribution in [2.24, 2.45) is 0 Å². The molecule has 4 rings (SSSR count). The second-order valence-corrected chi connectivity index (χ2v) is 7.37.